The second-order valence-electron chi connectivity index (χ2n) is 7.84. The molecule has 0 radical (unpaired) electrons. The molecule has 1 aromatic carbocycles. The average Bonchev–Trinajstić information content (AvgIpc) is 2.85. The maximum absolute atomic E-state index is 12.1. The molecule has 0 saturated heterocycles. The number of nitrogens with one attached hydrogen (secondary N) is 1. The van der Waals surface area contributed by atoms with Crippen LogP contribution < -0.4 is 14.8 Å². The first kappa shape index (κ1) is 27.1. The van der Waals surface area contributed by atoms with E-state index in [1.165, 1.54) is 11.1 Å². The van der Waals surface area contributed by atoms with E-state index < -0.39 is 6.10 Å². The zero-order valence-corrected chi connectivity index (χ0v) is 20.6. The van der Waals surface area contributed by atoms with Crippen molar-refractivity contribution in [1.82, 2.24) is 15.2 Å². The third-order valence-electron chi connectivity index (χ3n) is 4.68. The minimum atomic E-state index is -0.423. The zero-order chi connectivity index (χ0) is 26.0. The van der Waals surface area contributed by atoms with Crippen molar-refractivity contribution >= 4 is 17.8 Å². The highest BCUT2D eigenvalue weighted by Gasteiger charge is 2.13. The number of nitrogens with zero attached hydrogens (tertiary/aromatic N) is 3. The van der Waals surface area contributed by atoms with Gasteiger partial charge in [-0.1, -0.05) is 31.9 Å². The summed E-state index contributed by atoms with van der Waals surface area (Å²) in [5.74, 6) is 1.74. The highest BCUT2D eigenvalue weighted by molar-refractivity contribution is 5.91. The van der Waals surface area contributed by atoms with Gasteiger partial charge < -0.3 is 24.8 Å². The summed E-state index contributed by atoms with van der Waals surface area (Å²) in [4.78, 5) is 22.1. The first-order chi connectivity index (χ1) is 16.7. The molecule has 8 heteroatoms. The van der Waals surface area contributed by atoms with E-state index in [1.54, 1.807) is 69.7 Å². The van der Waals surface area contributed by atoms with Gasteiger partial charge in [0.05, 0.1) is 12.8 Å². The number of carbonyl (C=O) groups is 1. The fourth-order valence-electron chi connectivity index (χ4n) is 2.75. The Labute approximate surface area is 206 Å². The standard InChI is InChI=1S/C27H32N4O4/c1-8-12-28-26(18(3)9-2)30-20(5)21-13-23(34-19(4)17-32)15-24(14-21)35-22-10-11-25(29-16-22)27(33)31(6)7/h8-16,19,30,32H,1-2,5,17H2,3-4,6-7H3/b26-18+,28-12-. The molecule has 1 amide bonds. The molecule has 0 bridgehead atoms. The molecule has 0 aliphatic rings. The van der Waals surface area contributed by atoms with Gasteiger partial charge in [0.25, 0.3) is 5.91 Å². The van der Waals surface area contributed by atoms with Gasteiger partial charge in [-0.3, -0.25) is 4.79 Å². The molecule has 0 spiro atoms. The summed E-state index contributed by atoms with van der Waals surface area (Å²) in [6.45, 7) is 15.1. The minimum absolute atomic E-state index is 0.146. The Bertz CT molecular complexity index is 1130. The molecule has 2 rings (SSSR count). The molecular weight excluding hydrogens is 444 g/mol. The Kier molecular flexibility index (Phi) is 9.98. The summed E-state index contributed by atoms with van der Waals surface area (Å²) in [5, 5.41) is 12.6. The van der Waals surface area contributed by atoms with E-state index in [1.807, 2.05) is 6.92 Å². The van der Waals surface area contributed by atoms with E-state index in [4.69, 9.17) is 9.47 Å². The van der Waals surface area contributed by atoms with Crippen LogP contribution in [-0.2, 0) is 0 Å². The number of aliphatic hydroxyl groups excluding tert-OH is 1. The Balaban J connectivity index is 2.38. The van der Waals surface area contributed by atoms with Gasteiger partial charge in [0.15, 0.2) is 0 Å². The molecule has 0 aliphatic carbocycles. The van der Waals surface area contributed by atoms with E-state index >= 15 is 0 Å². The number of rotatable bonds is 12. The van der Waals surface area contributed by atoms with Gasteiger partial charge in [-0.15, -0.1) is 0 Å². The van der Waals surface area contributed by atoms with Gasteiger partial charge in [-0.2, -0.15) is 0 Å². The van der Waals surface area contributed by atoms with Crippen molar-refractivity contribution in [3.05, 3.63) is 91.1 Å². The van der Waals surface area contributed by atoms with Crippen LogP contribution in [-0.4, -0.2) is 53.9 Å². The number of aromatic nitrogens is 1. The normalized spacial score (nSPS) is 12.4. The van der Waals surface area contributed by atoms with Crippen LogP contribution in [0, 0.1) is 0 Å². The number of ether oxygens (including phenoxy) is 2. The van der Waals surface area contributed by atoms with Crippen molar-refractivity contribution in [2.45, 2.75) is 20.0 Å². The number of aliphatic hydroxyl groups is 1. The molecule has 184 valence electrons. The first-order valence-electron chi connectivity index (χ1n) is 10.9. The lowest BCUT2D eigenvalue weighted by Crippen LogP contribution is -2.22. The molecular formula is C27H32N4O4. The summed E-state index contributed by atoms with van der Waals surface area (Å²) in [5.41, 5.74) is 2.35. The Morgan fingerprint density at radius 1 is 1.23 bits per heavy atom. The molecule has 1 unspecified atom stereocenters. The van der Waals surface area contributed by atoms with Gasteiger partial charge in [0, 0.05) is 37.6 Å². The van der Waals surface area contributed by atoms with Crippen LogP contribution in [0.5, 0.6) is 17.2 Å². The van der Waals surface area contributed by atoms with Crippen molar-refractivity contribution < 1.29 is 19.4 Å². The number of aliphatic imine (C=N–C) groups is 1. The lowest BCUT2D eigenvalue weighted by Gasteiger charge is -2.17. The molecule has 0 aliphatic heterocycles. The van der Waals surface area contributed by atoms with Crippen LogP contribution in [0.15, 0.2) is 84.8 Å². The molecule has 8 nitrogen and oxygen atoms in total. The number of hydrogen-bond donors (Lipinski definition) is 2. The number of carbonyl (C=O) groups excluding carboxylic acids is 1. The summed E-state index contributed by atoms with van der Waals surface area (Å²) in [6, 6.07) is 8.52. The molecule has 0 fully saturated rings. The lowest BCUT2D eigenvalue weighted by atomic mass is 10.1. The second-order valence-corrected chi connectivity index (χ2v) is 7.84. The van der Waals surface area contributed by atoms with Crippen molar-refractivity contribution in [3.63, 3.8) is 0 Å². The van der Waals surface area contributed by atoms with Crippen molar-refractivity contribution in [1.29, 1.82) is 0 Å². The Morgan fingerprint density at radius 2 is 1.94 bits per heavy atom. The largest absolute Gasteiger partial charge is 0.488 e. The fourth-order valence-corrected chi connectivity index (χ4v) is 2.75. The third kappa shape index (κ3) is 7.97. The van der Waals surface area contributed by atoms with E-state index in [0.717, 1.165) is 5.57 Å². The topological polar surface area (TPSA) is 96.3 Å². The van der Waals surface area contributed by atoms with Crippen molar-refractivity contribution in [2.75, 3.05) is 20.7 Å². The number of amides is 1. The lowest BCUT2D eigenvalue weighted by molar-refractivity contribution is 0.0822. The quantitative estimate of drug-likeness (QED) is 0.344. The van der Waals surface area contributed by atoms with E-state index in [-0.39, 0.29) is 12.5 Å². The Hall–Kier alpha value is -4.17. The predicted molar refractivity (Wildman–Crippen MR) is 140 cm³/mol. The highest BCUT2D eigenvalue weighted by Crippen LogP contribution is 2.30. The van der Waals surface area contributed by atoms with Crippen LogP contribution in [0.1, 0.15) is 29.9 Å². The SMILES string of the molecule is C=C/C=N\C(NC(=C)c1cc(Oc2ccc(C(=O)N(C)C)nc2)cc(OC(C)CO)c1)=C(\C)C=C. The monoisotopic (exact) mass is 476 g/mol. The number of benzene rings is 1. The maximum Gasteiger partial charge on any atom is 0.271 e. The summed E-state index contributed by atoms with van der Waals surface area (Å²) in [6.07, 6.45) is 5.88. The van der Waals surface area contributed by atoms with E-state index in [2.05, 4.69) is 35.0 Å². The van der Waals surface area contributed by atoms with Crippen LogP contribution in [0.2, 0.25) is 0 Å². The molecule has 35 heavy (non-hydrogen) atoms. The van der Waals surface area contributed by atoms with Gasteiger partial charge in [0.2, 0.25) is 0 Å². The molecule has 1 aromatic heterocycles. The van der Waals surface area contributed by atoms with Crippen LogP contribution >= 0.6 is 0 Å². The number of hydrogen-bond acceptors (Lipinski definition) is 7. The summed E-state index contributed by atoms with van der Waals surface area (Å²) in [7, 11) is 3.32. The molecule has 0 saturated carbocycles. The fraction of sp³-hybridized carbons (Fsp3) is 0.222. The van der Waals surface area contributed by atoms with Crippen molar-refractivity contribution in [3.8, 4) is 17.2 Å². The van der Waals surface area contributed by atoms with Gasteiger partial charge in [0.1, 0.15) is 34.9 Å². The van der Waals surface area contributed by atoms with Gasteiger partial charge >= 0.3 is 0 Å². The first-order valence-corrected chi connectivity index (χ1v) is 10.9. The molecule has 2 N–H and O–H groups in total. The minimum Gasteiger partial charge on any atom is -0.488 e. The zero-order valence-electron chi connectivity index (χ0n) is 20.6. The third-order valence-corrected chi connectivity index (χ3v) is 4.68. The average molecular weight is 477 g/mol. The van der Waals surface area contributed by atoms with E-state index in [9.17, 15) is 9.90 Å². The number of allylic oxidation sites excluding steroid dienone is 3. The van der Waals surface area contributed by atoms with Gasteiger partial charge in [-0.05, 0) is 43.7 Å². The molecule has 1 atom stereocenters. The maximum atomic E-state index is 12.1. The summed E-state index contributed by atoms with van der Waals surface area (Å²) >= 11 is 0. The number of pyridine rings is 1. The molecule has 2 aromatic rings. The molecule has 1 heterocycles. The van der Waals surface area contributed by atoms with Crippen molar-refractivity contribution in [2.24, 2.45) is 4.99 Å². The predicted octanol–water partition coefficient (Wildman–Crippen LogP) is 4.57. The second kappa shape index (κ2) is 12.9. The smallest absolute Gasteiger partial charge is 0.271 e. The van der Waals surface area contributed by atoms with E-state index in [0.29, 0.717) is 40.0 Å². The van der Waals surface area contributed by atoms with Crippen LogP contribution in [0.4, 0.5) is 0 Å². The van der Waals surface area contributed by atoms with Crippen LogP contribution in [0.3, 0.4) is 0 Å². The Morgan fingerprint density at radius 3 is 2.51 bits per heavy atom. The van der Waals surface area contributed by atoms with Crippen LogP contribution in [0.25, 0.3) is 5.70 Å². The summed E-state index contributed by atoms with van der Waals surface area (Å²) < 4.78 is 11.8. The highest BCUT2D eigenvalue weighted by atomic mass is 16.5. The van der Waals surface area contributed by atoms with Gasteiger partial charge in [-0.25, -0.2) is 9.98 Å².